The first kappa shape index (κ1) is 18.0. The van der Waals surface area contributed by atoms with Crippen molar-refractivity contribution in [1.29, 1.82) is 0 Å². The number of aliphatic carboxylic acids is 1. The lowest BCUT2D eigenvalue weighted by Crippen LogP contribution is -2.53. The average molecular weight is 299 g/mol. The van der Waals surface area contributed by atoms with Gasteiger partial charge in [-0.25, -0.2) is 0 Å². The summed E-state index contributed by atoms with van der Waals surface area (Å²) in [5, 5.41) is 9.24. The number of hydrogen-bond acceptors (Lipinski definition) is 3. The van der Waals surface area contributed by atoms with Gasteiger partial charge in [-0.3, -0.25) is 9.69 Å². The predicted molar refractivity (Wildman–Crippen MR) is 77.0 cm³/mol. The third kappa shape index (κ3) is 4.26. The Hall–Kier alpha value is -0.0300. The highest BCUT2D eigenvalue weighted by Crippen LogP contribution is 2.25. The zero-order valence-electron chi connectivity index (χ0n) is 10.9. The van der Waals surface area contributed by atoms with Crippen molar-refractivity contribution in [1.82, 2.24) is 9.80 Å². The fourth-order valence-electron chi connectivity index (χ4n) is 2.98. The normalized spacial score (nSPS) is 27.1. The fraction of sp³-hybridized carbons (Fsp3) is 0.917. The van der Waals surface area contributed by atoms with E-state index in [1.807, 2.05) is 0 Å². The maximum Gasteiger partial charge on any atom is 0.320 e. The van der Waals surface area contributed by atoms with Crippen molar-refractivity contribution in [2.24, 2.45) is 0 Å². The van der Waals surface area contributed by atoms with Crippen molar-refractivity contribution in [3.63, 3.8) is 0 Å². The Morgan fingerprint density at radius 1 is 1.06 bits per heavy atom. The van der Waals surface area contributed by atoms with E-state index in [1.54, 1.807) is 0 Å². The summed E-state index contributed by atoms with van der Waals surface area (Å²) in [6.07, 6.45) is 5.32. The van der Waals surface area contributed by atoms with Crippen LogP contribution in [0.25, 0.3) is 0 Å². The molecule has 0 aromatic rings. The molecule has 2 heterocycles. The molecule has 0 aromatic heterocycles. The highest BCUT2D eigenvalue weighted by atomic mass is 35.5. The van der Waals surface area contributed by atoms with Gasteiger partial charge in [-0.05, 0) is 52.4 Å². The van der Waals surface area contributed by atoms with Gasteiger partial charge in [-0.1, -0.05) is 6.42 Å². The molecule has 2 aliphatic rings. The van der Waals surface area contributed by atoms with E-state index in [-0.39, 0.29) is 30.9 Å². The largest absolute Gasteiger partial charge is 0.480 e. The highest BCUT2D eigenvalue weighted by molar-refractivity contribution is 5.85. The van der Waals surface area contributed by atoms with Crippen molar-refractivity contribution in [2.75, 3.05) is 26.7 Å². The second-order valence-electron chi connectivity index (χ2n) is 5.12. The minimum atomic E-state index is -0.626. The van der Waals surface area contributed by atoms with E-state index >= 15 is 0 Å². The van der Waals surface area contributed by atoms with Gasteiger partial charge in [0.05, 0.1) is 0 Å². The van der Waals surface area contributed by atoms with E-state index in [1.165, 1.54) is 0 Å². The summed E-state index contributed by atoms with van der Waals surface area (Å²) >= 11 is 0. The van der Waals surface area contributed by atoms with Gasteiger partial charge in [0.25, 0.3) is 0 Å². The number of nitrogens with zero attached hydrogens (tertiary/aromatic N) is 2. The van der Waals surface area contributed by atoms with Crippen LogP contribution in [0, 0.1) is 0 Å². The van der Waals surface area contributed by atoms with E-state index < -0.39 is 5.97 Å². The Morgan fingerprint density at radius 2 is 1.67 bits per heavy atom. The van der Waals surface area contributed by atoms with Crippen molar-refractivity contribution in [3.05, 3.63) is 0 Å². The molecule has 1 unspecified atom stereocenters. The number of carboxylic acids is 1. The van der Waals surface area contributed by atoms with Crippen LogP contribution in [-0.2, 0) is 4.79 Å². The molecule has 6 heteroatoms. The van der Waals surface area contributed by atoms with Crippen LogP contribution in [-0.4, -0.2) is 59.6 Å². The molecule has 2 rings (SSSR count). The second-order valence-corrected chi connectivity index (χ2v) is 5.12. The minimum absolute atomic E-state index is 0. The topological polar surface area (TPSA) is 43.8 Å². The first-order valence-corrected chi connectivity index (χ1v) is 6.35. The number of carboxylic acid groups (broad SMARTS) is 1. The molecule has 2 saturated heterocycles. The summed E-state index contributed by atoms with van der Waals surface area (Å²) in [5.41, 5.74) is 0. The third-order valence-corrected chi connectivity index (χ3v) is 3.99. The number of halogens is 2. The molecule has 2 aliphatic heterocycles. The van der Waals surface area contributed by atoms with Crippen molar-refractivity contribution < 1.29 is 9.90 Å². The van der Waals surface area contributed by atoms with Gasteiger partial charge >= 0.3 is 5.97 Å². The van der Waals surface area contributed by atoms with Crippen LogP contribution in [0.2, 0.25) is 0 Å². The smallest absolute Gasteiger partial charge is 0.320 e. The maximum absolute atomic E-state index is 11.2. The zero-order valence-corrected chi connectivity index (χ0v) is 12.5. The summed E-state index contributed by atoms with van der Waals surface area (Å²) in [6, 6.07) is 0.278. The summed E-state index contributed by atoms with van der Waals surface area (Å²) in [6.45, 7) is 3.19. The molecule has 0 aromatic carbocycles. The first-order valence-electron chi connectivity index (χ1n) is 6.35. The van der Waals surface area contributed by atoms with Crippen LogP contribution < -0.4 is 0 Å². The van der Waals surface area contributed by atoms with Crippen LogP contribution in [0.5, 0.6) is 0 Å². The van der Waals surface area contributed by atoms with Gasteiger partial charge in [-0.15, -0.1) is 24.8 Å². The SMILES string of the molecule is CN1CCC(N2CCCCC2C(=O)O)CC1.Cl.Cl. The minimum Gasteiger partial charge on any atom is -0.480 e. The molecule has 2 fully saturated rings. The molecule has 18 heavy (non-hydrogen) atoms. The molecular weight excluding hydrogens is 275 g/mol. The van der Waals surface area contributed by atoms with Crippen LogP contribution >= 0.6 is 24.8 Å². The molecule has 0 spiro atoms. The average Bonchev–Trinajstić information content (AvgIpc) is 2.30. The Morgan fingerprint density at radius 3 is 2.22 bits per heavy atom. The highest BCUT2D eigenvalue weighted by Gasteiger charge is 2.34. The molecule has 4 nitrogen and oxygen atoms in total. The molecule has 0 bridgehead atoms. The van der Waals surface area contributed by atoms with Gasteiger partial charge in [0.15, 0.2) is 0 Å². The Bertz CT molecular complexity index is 258. The Labute approximate surface area is 122 Å². The van der Waals surface area contributed by atoms with E-state index in [4.69, 9.17) is 0 Å². The van der Waals surface area contributed by atoms with E-state index in [9.17, 15) is 9.90 Å². The lowest BCUT2D eigenvalue weighted by Gasteiger charge is -2.42. The van der Waals surface area contributed by atoms with Crippen molar-refractivity contribution in [3.8, 4) is 0 Å². The fourth-order valence-corrected chi connectivity index (χ4v) is 2.98. The molecule has 0 aliphatic carbocycles. The third-order valence-electron chi connectivity index (χ3n) is 3.99. The molecule has 0 amide bonds. The Kier molecular flexibility index (Phi) is 8.19. The second kappa shape index (κ2) is 8.20. The number of hydrogen-bond donors (Lipinski definition) is 1. The predicted octanol–water partition coefficient (Wildman–Crippen LogP) is 1.86. The molecule has 0 saturated carbocycles. The summed E-state index contributed by atoms with van der Waals surface area (Å²) in [5.74, 6) is -0.626. The summed E-state index contributed by atoms with van der Waals surface area (Å²) in [7, 11) is 2.14. The number of carbonyl (C=O) groups is 1. The van der Waals surface area contributed by atoms with Gasteiger partial charge < -0.3 is 10.0 Å². The molecule has 108 valence electrons. The van der Waals surface area contributed by atoms with Gasteiger partial charge in [-0.2, -0.15) is 0 Å². The van der Waals surface area contributed by atoms with Crippen molar-refractivity contribution >= 4 is 30.8 Å². The van der Waals surface area contributed by atoms with Crippen LogP contribution in [0.3, 0.4) is 0 Å². The lowest BCUT2D eigenvalue weighted by molar-refractivity contribution is -0.146. The van der Waals surface area contributed by atoms with E-state index in [0.29, 0.717) is 6.04 Å². The van der Waals surface area contributed by atoms with E-state index in [0.717, 1.165) is 51.7 Å². The number of rotatable bonds is 2. The quantitative estimate of drug-likeness (QED) is 0.845. The van der Waals surface area contributed by atoms with Crippen LogP contribution in [0.4, 0.5) is 0 Å². The van der Waals surface area contributed by atoms with Gasteiger partial charge in [0.2, 0.25) is 0 Å². The van der Waals surface area contributed by atoms with E-state index in [2.05, 4.69) is 16.8 Å². The molecule has 1 atom stereocenters. The standard InChI is InChI=1S/C12H22N2O2.2ClH/c1-13-8-5-10(6-9-13)14-7-3-2-4-11(14)12(15)16;;/h10-11H,2-9H2,1H3,(H,15,16);2*1H. The Balaban J connectivity index is 0.00000144. The molecule has 0 radical (unpaired) electrons. The maximum atomic E-state index is 11.2. The molecule has 1 N–H and O–H groups in total. The first-order chi connectivity index (χ1) is 7.68. The number of piperidine rings is 2. The molecular formula is C12H24Cl2N2O2. The van der Waals surface area contributed by atoms with Gasteiger partial charge in [0, 0.05) is 6.04 Å². The van der Waals surface area contributed by atoms with Crippen LogP contribution in [0.15, 0.2) is 0 Å². The van der Waals surface area contributed by atoms with Crippen LogP contribution in [0.1, 0.15) is 32.1 Å². The summed E-state index contributed by atoms with van der Waals surface area (Å²) in [4.78, 5) is 15.8. The van der Waals surface area contributed by atoms with Gasteiger partial charge in [0.1, 0.15) is 6.04 Å². The monoisotopic (exact) mass is 298 g/mol. The number of likely N-dealkylation sites (tertiary alicyclic amines) is 2. The summed E-state index contributed by atoms with van der Waals surface area (Å²) < 4.78 is 0. The zero-order chi connectivity index (χ0) is 11.5. The lowest BCUT2D eigenvalue weighted by atomic mass is 9.95. The van der Waals surface area contributed by atoms with Crippen molar-refractivity contribution in [2.45, 2.75) is 44.2 Å².